The summed E-state index contributed by atoms with van der Waals surface area (Å²) >= 11 is 9.14. The fraction of sp³-hybridized carbons (Fsp3) is 0.500. The monoisotopic (exact) mass is 333 g/mol. The SMILES string of the molecule is CC(C)(C)NC(=O)CCNc1ncc(Cl)cc1Br. The fourth-order valence-electron chi connectivity index (χ4n) is 1.32. The normalized spacial score (nSPS) is 11.2. The number of pyridine rings is 1. The van der Waals surface area contributed by atoms with E-state index in [2.05, 4.69) is 31.5 Å². The summed E-state index contributed by atoms with van der Waals surface area (Å²) in [5.41, 5.74) is -0.198. The molecule has 0 unspecified atom stereocenters. The first-order valence-corrected chi connectivity index (χ1v) is 6.81. The minimum atomic E-state index is -0.198. The first-order chi connectivity index (χ1) is 8.28. The zero-order chi connectivity index (χ0) is 13.8. The standard InChI is InChI=1S/C12H17BrClN3O/c1-12(2,3)17-10(18)4-5-15-11-9(13)6-8(14)7-16-11/h6-7H,4-5H2,1-3H3,(H,15,16)(H,17,18). The number of nitrogens with one attached hydrogen (secondary N) is 2. The first kappa shape index (κ1) is 15.2. The molecule has 18 heavy (non-hydrogen) atoms. The molecule has 0 aliphatic heterocycles. The molecular weight excluding hydrogens is 318 g/mol. The van der Waals surface area contributed by atoms with Crippen LogP contribution in [-0.2, 0) is 4.79 Å². The van der Waals surface area contributed by atoms with Crippen molar-refractivity contribution < 1.29 is 4.79 Å². The van der Waals surface area contributed by atoms with Crippen molar-refractivity contribution in [1.82, 2.24) is 10.3 Å². The second-order valence-electron chi connectivity index (χ2n) is 4.96. The van der Waals surface area contributed by atoms with Crippen LogP contribution < -0.4 is 10.6 Å². The number of hydrogen-bond acceptors (Lipinski definition) is 3. The third kappa shape index (κ3) is 5.69. The molecule has 1 aromatic rings. The molecule has 0 saturated heterocycles. The number of aromatic nitrogens is 1. The predicted molar refractivity (Wildman–Crippen MR) is 77.9 cm³/mol. The van der Waals surface area contributed by atoms with Crippen LogP contribution in [0.5, 0.6) is 0 Å². The number of hydrogen-bond donors (Lipinski definition) is 2. The van der Waals surface area contributed by atoms with Gasteiger partial charge in [0, 0.05) is 24.7 Å². The van der Waals surface area contributed by atoms with E-state index in [-0.39, 0.29) is 11.4 Å². The molecule has 0 spiro atoms. The van der Waals surface area contributed by atoms with Gasteiger partial charge in [0.05, 0.1) is 9.50 Å². The molecule has 0 aliphatic rings. The number of rotatable bonds is 4. The maximum absolute atomic E-state index is 11.6. The van der Waals surface area contributed by atoms with Crippen molar-refractivity contribution in [2.45, 2.75) is 32.7 Å². The molecule has 0 aliphatic carbocycles. The van der Waals surface area contributed by atoms with Gasteiger partial charge in [0.1, 0.15) is 5.82 Å². The lowest BCUT2D eigenvalue weighted by atomic mass is 10.1. The molecule has 1 rings (SSSR count). The Morgan fingerprint density at radius 2 is 2.17 bits per heavy atom. The highest BCUT2D eigenvalue weighted by atomic mass is 79.9. The largest absolute Gasteiger partial charge is 0.369 e. The van der Waals surface area contributed by atoms with Gasteiger partial charge in [0.2, 0.25) is 5.91 Å². The maximum Gasteiger partial charge on any atom is 0.222 e. The van der Waals surface area contributed by atoms with Crippen LogP contribution >= 0.6 is 27.5 Å². The minimum absolute atomic E-state index is 0.0140. The third-order valence-corrected chi connectivity index (χ3v) is 2.78. The van der Waals surface area contributed by atoms with E-state index in [9.17, 15) is 4.79 Å². The average molecular weight is 335 g/mol. The van der Waals surface area contributed by atoms with Crippen LogP contribution in [0, 0.1) is 0 Å². The van der Waals surface area contributed by atoms with Crippen LogP contribution in [0.3, 0.4) is 0 Å². The lowest BCUT2D eigenvalue weighted by Gasteiger charge is -2.20. The average Bonchev–Trinajstić information content (AvgIpc) is 2.18. The topological polar surface area (TPSA) is 54.0 Å². The zero-order valence-electron chi connectivity index (χ0n) is 10.7. The maximum atomic E-state index is 11.6. The molecular formula is C12H17BrClN3O. The first-order valence-electron chi connectivity index (χ1n) is 5.64. The van der Waals surface area contributed by atoms with Gasteiger partial charge in [0.15, 0.2) is 0 Å². The van der Waals surface area contributed by atoms with Crippen molar-refractivity contribution in [3.8, 4) is 0 Å². The van der Waals surface area contributed by atoms with Crippen molar-refractivity contribution in [3.63, 3.8) is 0 Å². The van der Waals surface area contributed by atoms with Crippen LogP contribution in [0.15, 0.2) is 16.7 Å². The Morgan fingerprint density at radius 1 is 1.50 bits per heavy atom. The second kappa shape index (κ2) is 6.38. The zero-order valence-corrected chi connectivity index (χ0v) is 13.0. The molecule has 0 radical (unpaired) electrons. The Morgan fingerprint density at radius 3 is 2.72 bits per heavy atom. The number of halogens is 2. The fourth-order valence-corrected chi connectivity index (χ4v) is 2.10. The number of anilines is 1. The summed E-state index contributed by atoms with van der Waals surface area (Å²) in [4.78, 5) is 15.7. The molecule has 0 aromatic carbocycles. The van der Waals surface area contributed by atoms with Crippen LogP contribution in [0.25, 0.3) is 0 Å². The van der Waals surface area contributed by atoms with E-state index in [4.69, 9.17) is 11.6 Å². The summed E-state index contributed by atoms with van der Waals surface area (Å²) in [5, 5.41) is 6.54. The van der Waals surface area contributed by atoms with E-state index in [0.717, 1.165) is 4.47 Å². The van der Waals surface area contributed by atoms with E-state index in [1.807, 2.05) is 20.8 Å². The number of carbonyl (C=O) groups is 1. The summed E-state index contributed by atoms with van der Waals surface area (Å²) < 4.78 is 0.784. The van der Waals surface area contributed by atoms with Gasteiger partial charge in [-0.3, -0.25) is 4.79 Å². The van der Waals surface area contributed by atoms with Crippen LogP contribution in [0.2, 0.25) is 5.02 Å². The van der Waals surface area contributed by atoms with Crippen molar-refractivity contribution in [3.05, 3.63) is 21.8 Å². The van der Waals surface area contributed by atoms with E-state index in [1.165, 1.54) is 0 Å². The Labute approximate surface area is 121 Å². The van der Waals surface area contributed by atoms with Crippen molar-refractivity contribution in [2.75, 3.05) is 11.9 Å². The van der Waals surface area contributed by atoms with Crippen molar-refractivity contribution >= 4 is 39.3 Å². The lowest BCUT2D eigenvalue weighted by molar-refractivity contribution is -0.122. The number of amides is 1. The highest BCUT2D eigenvalue weighted by Gasteiger charge is 2.13. The summed E-state index contributed by atoms with van der Waals surface area (Å²) in [7, 11) is 0. The Bertz CT molecular complexity index is 432. The Balaban J connectivity index is 2.40. The van der Waals surface area contributed by atoms with Crippen LogP contribution in [0.1, 0.15) is 27.2 Å². The summed E-state index contributed by atoms with van der Waals surface area (Å²) in [6.07, 6.45) is 1.96. The minimum Gasteiger partial charge on any atom is -0.369 e. The molecule has 100 valence electrons. The van der Waals surface area contributed by atoms with Crippen molar-refractivity contribution in [2.24, 2.45) is 0 Å². The molecule has 2 N–H and O–H groups in total. The molecule has 1 amide bonds. The Hall–Kier alpha value is -0.810. The summed E-state index contributed by atoms with van der Waals surface area (Å²) in [5.74, 6) is 0.697. The van der Waals surface area contributed by atoms with Gasteiger partial charge in [-0.1, -0.05) is 11.6 Å². The van der Waals surface area contributed by atoms with Gasteiger partial charge < -0.3 is 10.6 Å². The van der Waals surface area contributed by atoms with Gasteiger partial charge in [-0.05, 0) is 42.8 Å². The van der Waals surface area contributed by atoms with Gasteiger partial charge >= 0.3 is 0 Å². The predicted octanol–water partition coefficient (Wildman–Crippen LogP) is 3.21. The third-order valence-electron chi connectivity index (χ3n) is 1.97. The van der Waals surface area contributed by atoms with E-state index in [1.54, 1.807) is 12.3 Å². The number of carbonyl (C=O) groups excluding carboxylic acids is 1. The van der Waals surface area contributed by atoms with Gasteiger partial charge in [0.25, 0.3) is 0 Å². The van der Waals surface area contributed by atoms with Crippen LogP contribution in [0.4, 0.5) is 5.82 Å². The lowest BCUT2D eigenvalue weighted by Crippen LogP contribution is -2.41. The molecule has 1 heterocycles. The molecule has 0 atom stereocenters. The smallest absolute Gasteiger partial charge is 0.222 e. The summed E-state index contributed by atoms with van der Waals surface area (Å²) in [6.45, 7) is 6.39. The van der Waals surface area contributed by atoms with Crippen molar-refractivity contribution in [1.29, 1.82) is 0 Å². The Kier molecular flexibility index (Phi) is 5.41. The second-order valence-corrected chi connectivity index (χ2v) is 6.25. The quantitative estimate of drug-likeness (QED) is 0.889. The molecule has 4 nitrogen and oxygen atoms in total. The van der Waals surface area contributed by atoms with Gasteiger partial charge in [-0.15, -0.1) is 0 Å². The van der Waals surface area contributed by atoms with E-state index in [0.29, 0.717) is 23.8 Å². The molecule has 6 heteroatoms. The molecule has 1 aromatic heterocycles. The summed E-state index contributed by atoms with van der Waals surface area (Å²) in [6, 6.07) is 1.76. The van der Waals surface area contributed by atoms with Gasteiger partial charge in [-0.2, -0.15) is 0 Å². The van der Waals surface area contributed by atoms with E-state index < -0.39 is 0 Å². The highest BCUT2D eigenvalue weighted by molar-refractivity contribution is 9.10. The highest BCUT2D eigenvalue weighted by Crippen LogP contribution is 2.22. The van der Waals surface area contributed by atoms with Gasteiger partial charge in [-0.25, -0.2) is 4.98 Å². The van der Waals surface area contributed by atoms with E-state index >= 15 is 0 Å². The van der Waals surface area contributed by atoms with Crippen LogP contribution in [-0.4, -0.2) is 23.0 Å². The molecule has 0 fully saturated rings. The molecule has 0 saturated carbocycles. The number of nitrogens with zero attached hydrogens (tertiary/aromatic N) is 1. The molecule has 0 bridgehead atoms.